The Morgan fingerprint density at radius 3 is 2.43 bits per heavy atom. The summed E-state index contributed by atoms with van der Waals surface area (Å²) in [5.74, 6) is 0.487. The van der Waals surface area contributed by atoms with E-state index >= 15 is 0 Å². The van der Waals surface area contributed by atoms with E-state index in [0.29, 0.717) is 12.0 Å². The predicted octanol–water partition coefficient (Wildman–Crippen LogP) is 4.13. The maximum absolute atomic E-state index is 5.83. The minimum absolute atomic E-state index is 0. The molecule has 0 spiro atoms. The lowest BCUT2D eigenvalue weighted by Crippen LogP contribution is -2.34. The monoisotopic (exact) mass is 344 g/mol. The Morgan fingerprint density at radius 1 is 0.952 bits per heavy atom. The van der Waals surface area contributed by atoms with Crippen LogP contribution in [0.4, 0.5) is 5.69 Å². The van der Waals surface area contributed by atoms with Gasteiger partial charge in [-0.3, -0.25) is 4.90 Å². The molecule has 2 aromatic rings. The summed E-state index contributed by atoms with van der Waals surface area (Å²) in [5, 5.41) is 0. The zero-order valence-electron chi connectivity index (χ0n) is 12.0. The van der Waals surface area contributed by atoms with Gasteiger partial charge in [-0.1, -0.05) is 36.4 Å². The molecular formula is C18H21BrN2. The van der Waals surface area contributed by atoms with Crippen LogP contribution in [0.3, 0.4) is 0 Å². The first kappa shape index (κ1) is 14.6. The molecule has 0 aromatic heterocycles. The summed E-state index contributed by atoms with van der Waals surface area (Å²) in [7, 11) is 0. The Bertz CT molecular complexity index is 623. The molecule has 110 valence electrons. The average molecular weight is 345 g/mol. The van der Waals surface area contributed by atoms with Crippen LogP contribution in [-0.2, 0) is 0 Å². The molecular weight excluding hydrogens is 324 g/mol. The minimum Gasteiger partial charge on any atom is -0.399 e. The van der Waals surface area contributed by atoms with Gasteiger partial charge in [-0.25, -0.2) is 0 Å². The Hall–Kier alpha value is -1.32. The largest absolute Gasteiger partial charge is 0.399 e. The van der Waals surface area contributed by atoms with Gasteiger partial charge in [0, 0.05) is 24.2 Å². The number of anilines is 1. The Kier molecular flexibility index (Phi) is 4.05. The number of rotatable bonds is 1. The van der Waals surface area contributed by atoms with Crippen LogP contribution >= 0.6 is 17.0 Å². The van der Waals surface area contributed by atoms with Crippen LogP contribution in [0.15, 0.2) is 48.5 Å². The highest BCUT2D eigenvalue weighted by Gasteiger charge is 2.35. The lowest BCUT2D eigenvalue weighted by molar-refractivity contribution is 0.230. The molecule has 2 aromatic carbocycles. The van der Waals surface area contributed by atoms with Crippen LogP contribution < -0.4 is 5.73 Å². The maximum atomic E-state index is 5.83. The van der Waals surface area contributed by atoms with Crippen molar-refractivity contribution in [3.05, 3.63) is 65.2 Å². The summed E-state index contributed by atoms with van der Waals surface area (Å²) in [6, 6.07) is 18.1. The van der Waals surface area contributed by atoms with Gasteiger partial charge in [0.1, 0.15) is 0 Å². The van der Waals surface area contributed by atoms with Gasteiger partial charge in [0.2, 0.25) is 0 Å². The van der Waals surface area contributed by atoms with Crippen LogP contribution in [0.25, 0.3) is 0 Å². The predicted molar refractivity (Wildman–Crippen MR) is 93.0 cm³/mol. The van der Waals surface area contributed by atoms with Gasteiger partial charge >= 0.3 is 0 Å². The van der Waals surface area contributed by atoms with Crippen LogP contribution in [0.2, 0.25) is 0 Å². The molecule has 0 radical (unpaired) electrons. The molecule has 0 bridgehead atoms. The second kappa shape index (κ2) is 5.82. The first-order valence-electron chi connectivity index (χ1n) is 7.51. The molecule has 21 heavy (non-hydrogen) atoms. The van der Waals surface area contributed by atoms with Crippen molar-refractivity contribution in [2.24, 2.45) is 0 Å². The van der Waals surface area contributed by atoms with E-state index in [1.807, 2.05) is 12.1 Å². The molecule has 2 aliphatic heterocycles. The number of halogens is 1. The summed E-state index contributed by atoms with van der Waals surface area (Å²) in [5.41, 5.74) is 11.1. The van der Waals surface area contributed by atoms with Crippen molar-refractivity contribution in [3.8, 4) is 0 Å². The quantitative estimate of drug-likeness (QED) is 0.788. The summed E-state index contributed by atoms with van der Waals surface area (Å²) in [6.07, 6.45) is 2.64. The van der Waals surface area contributed by atoms with E-state index in [1.165, 1.54) is 36.1 Å². The number of benzene rings is 2. The van der Waals surface area contributed by atoms with Crippen molar-refractivity contribution < 1.29 is 0 Å². The van der Waals surface area contributed by atoms with E-state index in [9.17, 15) is 0 Å². The summed E-state index contributed by atoms with van der Waals surface area (Å²) in [6.45, 7) is 2.38. The number of nitrogen functional groups attached to an aromatic ring is 1. The van der Waals surface area contributed by atoms with Gasteiger partial charge in [-0.2, -0.15) is 0 Å². The fourth-order valence-electron chi connectivity index (χ4n) is 3.87. The first-order chi connectivity index (χ1) is 9.83. The topological polar surface area (TPSA) is 29.3 Å². The van der Waals surface area contributed by atoms with Gasteiger partial charge in [-0.05, 0) is 48.2 Å². The molecule has 0 amide bonds. The molecule has 1 fully saturated rings. The molecule has 0 unspecified atom stereocenters. The molecule has 1 saturated heterocycles. The van der Waals surface area contributed by atoms with E-state index in [2.05, 4.69) is 41.3 Å². The van der Waals surface area contributed by atoms with E-state index in [0.717, 1.165) is 12.2 Å². The normalized spacial score (nSPS) is 24.0. The Labute approximate surface area is 136 Å². The molecule has 2 nitrogen and oxygen atoms in total. The minimum atomic E-state index is 0. The van der Waals surface area contributed by atoms with E-state index < -0.39 is 0 Å². The van der Waals surface area contributed by atoms with Crippen LogP contribution in [0, 0.1) is 0 Å². The summed E-state index contributed by atoms with van der Waals surface area (Å²) >= 11 is 0. The van der Waals surface area contributed by atoms with E-state index in [-0.39, 0.29) is 17.0 Å². The second-order valence-corrected chi connectivity index (χ2v) is 6.00. The molecule has 0 saturated carbocycles. The molecule has 2 atom stereocenters. The van der Waals surface area contributed by atoms with Crippen LogP contribution in [0.1, 0.15) is 41.5 Å². The molecule has 4 rings (SSSR count). The van der Waals surface area contributed by atoms with Crippen molar-refractivity contribution in [2.75, 3.05) is 18.8 Å². The van der Waals surface area contributed by atoms with Gasteiger partial charge < -0.3 is 5.73 Å². The Balaban J connectivity index is 0.00000132. The van der Waals surface area contributed by atoms with Crippen LogP contribution in [-0.4, -0.2) is 18.0 Å². The van der Waals surface area contributed by atoms with Crippen molar-refractivity contribution in [1.29, 1.82) is 0 Å². The van der Waals surface area contributed by atoms with Gasteiger partial charge in [0.05, 0.1) is 0 Å². The third-order valence-corrected chi connectivity index (χ3v) is 4.85. The lowest BCUT2D eigenvalue weighted by Gasteiger charge is -2.37. The van der Waals surface area contributed by atoms with Crippen molar-refractivity contribution >= 4 is 22.7 Å². The standard InChI is InChI=1S/C18H20N2.BrH/c19-14-9-7-13(8-10-14)17-12-20-11-3-6-18(20)16-5-2-1-4-15(16)17;/h1-2,4-5,7-10,17-18H,3,6,11-12,19H2;1H/t17-,18+;/m0./s1. The maximum Gasteiger partial charge on any atom is 0.0351 e. The van der Waals surface area contributed by atoms with Crippen molar-refractivity contribution in [3.63, 3.8) is 0 Å². The molecule has 0 aliphatic carbocycles. The number of fused-ring (bicyclic) bond motifs is 3. The van der Waals surface area contributed by atoms with E-state index in [1.54, 1.807) is 0 Å². The SMILES string of the molecule is Br.Nc1ccc([C@@H]2CN3CCC[C@@H]3c3ccccc32)cc1. The smallest absolute Gasteiger partial charge is 0.0351 e. The Morgan fingerprint density at radius 2 is 1.67 bits per heavy atom. The molecule has 2 aliphatic rings. The third-order valence-electron chi connectivity index (χ3n) is 4.85. The van der Waals surface area contributed by atoms with Crippen molar-refractivity contribution in [2.45, 2.75) is 24.8 Å². The molecule has 2 N–H and O–H groups in total. The van der Waals surface area contributed by atoms with Gasteiger partial charge in [-0.15, -0.1) is 17.0 Å². The number of nitrogens with zero attached hydrogens (tertiary/aromatic N) is 1. The number of nitrogens with two attached hydrogens (primary N) is 1. The number of hydrogen-bond donors (Lipinski definition) is 1. The van der Waals surface area contributed by atoms with Gasteiger partial charge in [0.15, 0.2) is 0 Å². The second-order valence-electron chi connectivity index (χ2n) is 6.00. The fourth-order valence-corrected chi connectivity index (χ4v) is 3.87. The third kappa shape index (κ3) is 2.49. The highest BCUT2D eigenvalue weighted by atomic mass is 79.9. The zero-order valence-corrected chi connectivity index (χ0v) is 13.7. The van der Waals surface area contributed by atoms with Crippen LogP contribution in [0.5, 0.6) is 0 Å². The first-order valence-corrected chi connectivity index (χ1v) is 7.51. The summed E-state index contributed by atoms with van der Waals surface area (Å²) < 4.78 is 0. The highest BCUT2D eigenvalue weighted by Crippen LogP contribution is 2.43. The van der Waals surface area contributed by atoms with Crippen molar-refractivity contribution in [1.82, 2.24) is 4.90 Å². The fraction of sp³-hybridized carbons (Fsp3) is 0.333. The molecule has 3 heteroatoms. The van der Waals surface area contributed by atoms with Gasteiger partial charge in [0.25, 0.3) is 0 Å². The van der Waals surface area contributed by atoms with E-state index in [4.69, 9.17) is 5.73 Å². The highest BCUT2D eigenvalue weighted by molar-refractivity contribution is 8.93. The number of hydrogen-bond acceptors (Lipinski definition) is 2. The zero-order chi connectivity index (χ0) is 13.5. The lowest BCUT2D eigenvalue weighted by atomic mass is 9.81. The summed E-state index contributed by atoms with van der Waals surface area (Å²) in [4.78, 5) is 2.66. The molecule has 2 heterocycles. The average Bonchev–Trinajstić information content (AvgIpc) is 2.96.